The molecule has 3 amide bonds. The second-order valence-electron chi connectivity index (χ2n) is 35.0. The Bertz CT molecular complexity index is 5330. The summed E-state index contributed by atoms with van der Waals surface area (Å²) in [7, 11) is 0. The van der Waals surface area contributed by atoms with Crippen LogP contribution in [0, 0.1) is 88.2 Å². The van der Waals surface area contributed by atoms with Crippen LogP contribution in [0.15, 0.2) is 146 Å². The van der Waals surface area contributed by atoms with E-state index in [1.165, 1.54) is 95.2 Å². The third kappa shape index (κ3) is 16.6. The molecule has 21 nitrogen and oxygen atoms in total. The zero-order chi connectivity index (χ0) is 84.3. The number of nitrogens with zero attached hydrogens (tertiary/aromatic N) is 9. The number of rotatable bonds is 15. The average Bonchev–Trinajstić information content (AvgIpc) is 1.75. The summed E-state index contributed by atoms with van der Waals surface area (Å²) in [5.41, 5.74) is 8.54. The molecule has 6 aromatic carbocycles. The van der Waals surface area contributed by atoms with Crippen LogP contribution in [0.4, 0.5) is 43.8 Å². The Labute approximate surface area is 708 Å². The number of carbonyl (C=O) groups is 3. The van der Waals surface area contributed by atoms with E-state index in [4.69, 9.17) is 44.1 Å². The van der Waals surface area contributed by atoms with Gasteiger partial charge in [0.15, 0.2) is 17.5 Å². The molecule has 27 heteroatoms. The van der Waals surface area contributed by atoms with Gasteiger partial charge in [0, 0.05) is 179 Å². The summed E-state index contributed by atoms with van der Waals surface area (Å²) in [5.74, 6) is 4.74. The van der Waals surface area contributed by atoms with Crippen molar-refractivity contribution in [2.45, 2.75) is 116 Å². The first-order valence-corrected chi connectivity index (χ1v) is 43.6. The molecule has 9 saturated carbocycles. The van der Waals surface area contributed by atoms with Crippen molar-refractivity contribution in [3.05, 3.63) is 198 Å². The molecule has 12 aliphatic rings. The smallest absolute Gasteiger partial charge is 0.254 e. The molecule has 123 heavy (non-hydrogen) atoms. The number of amides is 3. The Morgan fingerprint density at radius 1 is 0.333 bits per heavy atom. The van der Waals surface area contributed by atoms with Gasteiger partial charge in [0.25, 0.3) is 17.7 Å². The van der Waals surface area contributed by atoms with Crippen molar-refractivity contribution in [2.75, 3.05) is 94.9 Å². The van der Waals surface area contributed by atoms with Crippen molar-refractivity contribution in [1.82, 2.24) is 59.6 Å². The number of hydrogen-bond acceptors (Lipinski definition) is 15. The largest absolute Gasteiger partial charge is 0.378 e. The minimum absolute atomic E-state index is 0.0187. The summed E-state index contributed by atoms with van der Waals surface area (Å²) in [6, 6.07) is 35.5. The molecule has 3 aliphatic heterocycles. The van der Waals surface area contributed by atoms with Gasteiger partial charge in [-0.1, -0.05) is 57.2 Å². The van der Waals surface area contributed by atoms with Crippen molar-refractivity contribution in [1.29, 1.82) is 0 Å². The lowest BCUT2D eigenvalue weighted by Crippen LogP contribution is -2.47. The highest BCUT2D eigenvalue weighted by atomic mass is 19.2. The van der Waals surface area contributed by atoms with E-state index in [0.717, 1.165) is 52.6 Å². The summed E-state index contributed by atoms with van der Waals surface area (Å²) in [6.45, 7) is 13.8. The fourth-order valence-electron chi connectivity index (χ4n) is 21.1. The third-order valence-electron chi connectivity index (χ3n) is 28.0. The molecule has 6 atom stereocenters. The zero-order valence-corrected chi connectivity index (χ0v) is 69.0. The normalized spacial score (nSPS) is 24.1. The molecule has 12 aromatic rings. The highest BCUT2D eigenvalue weighted by Gasteiger charge is 2.45. The predicted molar refractivity (Wildman–Crippen MR) is 460 cm³/mol. The average molecular weight is 1670 g/mol. The molecule has 12 fully saturated rings. The number of carbonyl (C=O) groups excluding carboxylic acids is 3. The van der Waals surface area contributed by atoms with E-state index in [1.54, 1.807) is 33.3 Å². The quantitative estimate of drug-likeness (QED) is 0.0522. The Morgan fingerprint density at radius 2 is 0.577 bits per heavy atom. The van der Waals surface area contributed by atoms with Crippen LogP contribution in [0.2, 0.25) is 0 Å². The van der Waals surface area contributed by atoms with Gasteiger partial charge in [-0.25, -0.2) is 56.2 Å². The summed E-state index contributed by atoms with van der Waals surface area (Å²) in [4.78, 5) is 82.3. The molecular weight excluding hydrogens is 1570 g/mol. The molecule has 6 bridgehead atoms. The first kappa shape index (κ1) is 81.1. The van der Waals surface area contributed by atoms with Crippen LogP contribution in [0.3, 0.4) is 0 Å². The van der Waals surface area contributed by atoms with E-state index < -0.39 is 34.9 Å². The van der Waals surface area contributed by atoms with Gasteiger partial charge in [-0.05, 0) is 185 Å². The molecular formula is C96H99F6N15O6. The predicted octanol–water partition coefficient (Wildman–Crippen LogP) is 18.8. The van der Waals surface area contributed by atoms with Gasteiger partial charge >= 0.3 is 0 Å². The van der Waals surface area contributed by atoms with Gasteiger partial charge in [0.1, 0.15) is 52.4 Å². The van der Waals surface area contributed by atoms with Crippen LogP contribution in [-0.2, 0) is 14.2 Å². The molecule has 6 N–H and O–H groups in total. The van der Waals surface area contributed by atoms with Crippen molar-refractivity contribution in [3.8, 4) is 67.9 Å². The highest BCUT2D eigenvalue weighted by molar-refractivity contribution is 5.99. The van der Waals surface area contributed by atoms with E-state index >= 15 is 0 Å². The van der Waals surface area contributed by atoms with E-state index in [9.17, 15) is 40.7 Å². The van der Waals surface area contributed by atoms with Crippen molar-refractivity contribution < 1.29 is 54.9 Å². The Hall–Kier alpha value is -11.6. The minimum atomic E-state index is -0.659. The molecule has 24 rings (SSSR count). The van der Waals surface area contributed by atoms with Gasteiger partial charge in [-0.2, -0.15) is 0 Å². The second-order valence-corrected chi connectivity index (χ2v) is 35.0. The lowest BCUT2D eigenvalue weighted by Gasteiger charge is -2.47. The molecule has 0 spiro atoms. The molecule has 6 aromatic heterocycles. The maximum absolute atomic E-state index is 14.5. The Kier molecular flexibility index (Phi) is 22.8. The SMILES string of the molecule is CC1C2CCC(CC2)C1Nc1cc(-c2ccc(C(=O)N3CCOCC3)cc2)nc(-c2c[nH]c3c(F)cc(F)cc23)n1.C[C@@H]1C2CCC(CC2)[C@H]1Nc1cc(-c2ccc(C(=O)N3CCOCC3)cc2)nc(-c2c[nH]c3c(F)cc(F)cc23)n1.C[C@H]1C2CCC(CC2)[C@@H]1Nc1cc(-c2ccc(C(=O)N3CCOCC3)cc2)nc(-c2c[nH]c3c(F)cc(F)cc23)n1. The summed E-state index contributed by atoms with van der Waals surface area (Å²) in [6.07, 6.45) is 19.9. The van der Waals surface area contributed by atoms with Crippen molar-refractivity contribution in [2.24, 2.45) is 53.3 Å². The van der Waals surface area contributed by atoms with Crippen molar-refractivity contribution in [3.63, 3.8) is 0 Å². The van der Waals surface area contributed by atoms with Crippen LogP contribution in [0.5, 0.6) is 0 Å². The maximum atomic E-state index is 14.5. The topological polar surface area (TPSA) is 249 Å². The molecule has 9 aliphatic carbocycles. The fourth-order valence-corrected chi connectivity index (χ4v) is 21.1. The monoisotopic (exact) mass is 1670 g/mol. The molecule has 2 unspecified atom stereocenters. The zero-order valence-electron chi connectivity index (χ0n) is 69.0. The third-order valence-corrected chi connectivity index (χ3v) is 28.0. The number of morpholine rings is 3. The molecule has 636 valence electrons. The molecule has 9 heterocycles. The Morgan fingerprint density at radius 3 is 0.821 bits per heavy atom. The number of ether oxygens (including phenoxy) is 3. The van der Waals surface area contributed by atoms with E-state index in [1.807, 2.05) is 91.0 Å². The van der Waals surface area contributed by atoms with Crippen LogP contribution < -0.4 is 16.0 Å². The molecule has 0 radical (unpaired) electrons. The van der Waals surface area contributed by atoms with Gasteiger partial charge in [0.2, 0.25) is 0 Å². The van der Waals surface area contributed by atoms with Crippen LogP contribution in [-0.4, -0.2) is 174 Å². The van der Waals surface area contributed by atoms with E-state index in [2.05, 4.69) is 51.7 Å². The number of halogens is 6. The number of fused-ring (bicyclic) bond motifs is 12. The van der Waals surface area contributed by atoms with E-state index in [0.29, 0.717) is 234 Å². The van der Waals surface area contributed by atoms with Gasteiger partial charge in [-0.15, -0.1) is 0 Å². The first-order chi connectivity index (χ1) is 59.8. The number of aromatic amines is 3. The van der Waals surface area contributed by atoms with Gasteiger partial charge < -0.3 is 59.8 Å². The van der Waals surface area contributed by atoms with Crippen LogP contribution in [0.25, 0.3) is 101 Å². The number of anilines is 3. The van der Waals surface area contributed by atoms with Gasteiger partial charge in [-0.3, -0.25) is 14.4 Å². The minimum Gasteiger partial charge on any atom is -0.378 e. The highest BCUT2D eigenvalue weighted by Crippen LogP contribution is 2.50. The summed E-state index contributed by atoms with van der Waals surface area (Å²) >= 11 is 0. The van der Waals surface area contributed by atoms with Gasteiger partial charge in [0.05, 0.1) is 73.3 Å². The lowest BCUT2D eigenvalue weighted by atomic mass is 9.62. The fraction of sp³-hybridized carbons (Fsp3) is 0.406. The number of hydrogen-bond donors (Lipinski definition) is 6. The van der Waals surface area contributed by atoms with E-state index in [-0.39, 0.29) is 34.3 Å². The number of aromatic nitrogens is 9. The summed E-state index contributed by atoms with van der Waals surface area (Å²) < 4.78 is 102. The Balaban J connectivity index is 0.000000121. The van der Waals surface area contributed by atoms with Crippen LogP contribution >= 0.6 is 0 Å². The summed E-state index contributed by atoms with van der Waals surface area (Å²) in [5, 5.41) is 12.4. The second kappa shape index (κ2) is 34.6. The van der Waals surface area contributed by atoms with Crippen molar-refractivity contribution >= 4 is 67.9 Å². The maximum Gasteiger partial charge on any atom is 0.254 e. The number of H-pyrrole nitrogens is 3. The standard InChI is InChI=1S/3C32H33F2N5O2/c3*1-18-19-2-6-21(7-3-19)29(18)37-28-16-27(20-4-8-22(9-5-20)32(40)39-10-12-41-13-11-39)36-31(38-28)25-17-35-30-24(25)14-23(33)15-26(30)34/h3*4-5,8-9,14-19,21,29,35H,2-3,6-7,10-13H2,1H3,(H,36,37,38)/t2*18-,19?,21?,29+;/m10./s1. The molecule has 3 saturated heterocycles. The van der Waals surface area contributed by atoms with Crippen LogP contribution in [0.1, 0.15) is 129 Å². The first-order valence-electron chi connectivity index (χ1n) is 43.6. The lowest BCUT2D eigenvalue weighted by molar-refractivity contribution is 0.0301. The number of nitrogens with one attached hydrogen (secondary N) is 6. The number of benzene rings is 6.